The van der Waals surface area contributed by atoms with Crippen molar-refractivity contribution in [3.05, 3.63) is 28.3 Å². The number of pyridine rings is 1. The average molecular weight is 451 g/mol. The molecule has 2 aromatic rings. The van der Waals surface area contributed by atoms with Crippen molar-refractivity contribution in [1.29, 1.82) is 0 Å². The molecule has 8 nitrogen and oxygen atoms in total. The Kier molecular flexibility index (Phi) is 5.31. The van der Waals surface area contributed by atoms with Crippen LogP contribution in [-0.4, -0.2) is 47.7 Å². The number of carbonyl (C=O) groups is 1. The second-order valence-corrected chi connectivity index (χ2v) is 9.29. The van der Waals surface area contributed by atoms with Gasteiger partial charge in [0.05, 0.1) is 30.3 Å². The largest absolute Gasteiger partial charge is 0.511 e. The van der Waals surface area contributed by atoms with E-state index in [2.05, 4.69) is 18.6 Å². The van der Waals surface area contributed by atoms with Gasteiger partial charge in [0, 0.05) is 25.0 Å². The van der Waals surface area contributed by atoms with Crippen LogP contribution in [0.4, 0.5) is 19.3 Å². The van der Waals surface area contributed by atoms with Gasteiger partial charge in [-0.25, -0.2) is 13.6 Å². The van der Waals surface area contributed by atoms with Gasteiger partial charge in [-0.2, -0.15) is 0 Å². The fourth-order valence-electron chi connectivity index (χ4n) is 4.96. The van der Waals surface area contributed by atoms with Crippen molar-refractivity contribution in [3.63, 3.8) is 0 Å². The number of aromatic nitrogens is 1. The van der Waals surface area contributed by atoms with Crippen LogP contribution in [0.1, 0.15) is 33.2 Å². The number of benzene rings is 1. The number of hydrogen-bond donors (Lipinski definition) is 2. The lowest BCUT2D eigenvalue weighted by Gasteiger charge is -2.28. The lowest BCUT2D eigenvalue weighted by molar-refractivity contribution is 0.143. The molecule has 0 amide bonds. The molecule has 1 aliphatic carbocycles. The molecule has 1 aliphatic heterocycles. The first-order valence-corrected chi connectivity index (χ1v) is 10.5. The van der Waals surface area contributed by atoms with Crippen molar-refractivity contribution in [1.82, 2.24) is 4.57 Å². The van der Waals surface area contributed by atoms with E-state index in [0.717, 1.165) is 12.3 Å². The summed E-state index contributed by atoms with van der Waals surface area (Å²) < 4.78 is 41.1. The van der Waals surface area contributed by atoms with Gasteiger partial charge in [0.1, 0.15) is 11.9 Å². The number of halogens is 2. The Balaban J connectivity index is 1.96. The van der Waals surface area contributed by atoms with Crippen molar-refractivity contribution in [2.24, 2.45) is 17.6 Å². The highest BCUT2D eigenvalue weighted by Gasteiger charge is 2.44. The van der Waals surface area contributed by atoms with E-state index in [9.17, 15) is 14.0 Å². The Bertz CT molecular complexity index is 1150. The molecule has 1 aromatic heterocycles. The molecule has 10 heteroatoms. The first-order valence-electron chi connectivity index (χ1n) is 10.5. The Morgan fingerprint density at radius 2 is 2.06 bits per heavy atom. The second kappa shape index (κ2) is 7.61. The van der Waals surface area contributed by atoms with Gasteiger partial charge in [0.25, 0.3) is 0 Å². The predicted molar refractivity (Wildman–Crippen MR) is 115 cm³/mol. The SMILES string of the molecule is COc1c(N2CC(C(C)C)C(C)(N)C2)c(F)cc2c(=O)c(OC(=O)O)cn([C@@H]3C[C@@H]3F)c12. The molecule has 3 N–H and O–H groups in total. The van der Waals surface area contributed by atoms with Gasteiger partial charge in [0.2, 0.25) is 5.43 Å². The van der Waals surface area contributed by atoms with Crippen molar-refractivity contribution < 1.29 is 28.2 Å². The summed E-state index contributed by atoms with van der Waals surface area (Å²) in [5, 5.41) is 8.82. The Morgan fingerprint density at radius 1 is 1.41 bits per heavy atom. The maximum absolute atomic E-state index is 15.5. The highest BCUT2D eigenvalue weighted by atomic mass is 19.1. The third-order valence-electron chi connectivity index (χ3n) is 6.52. The van der Waals surface area contributed by atoms with Gasteiger partial charge >= 0.3 is 6.16 Å². The normalized spacial score (nSPS) is 27.2. The van der Waals surface area contributed by atoms with Crippen LogP contribution in [0.15, 0.2) is 17.1 Å². The molecule has 0 spiro atoms. The maximum Gasteiger partial charge on any atom is 0.511 e. The van der Waals surface area contributed by atoms with E-state index in [1.165, 1.54) is 11.7 Å². The average Bonchev–Trinajstić information content (AvgIpc) is 3.32. The van der Waals surface area contributed by atoms with E-state index in [0.29, 0.717) is 13.1 Å². The number of hydrogen-bond acceptors (Lipinski definition) is 6. The van der Waals surface area contributed by atoms with Gasteiger partial charge in [-0.3, -0.25) is 4.79 Å². The molecule has 2 fully saturated rings. The van der Waals surface area contributed by atoms with E-state index < -0.39 is 40.9 Å². The van der Waals surface area contributed by atoms with E-state index in [1.54, 1.807) is 4.90 Å². The van der Waals surface area contributed by atoms with E-state index in [-0.39, 0.29) is 40.6 Å². The van der Waals surface area contributed by atoms with E-state index in [4.69, 9.17) is 15.6 Å². The zero-order valence-corrected chi connectivity index (χ0v) is 18.4. The number of alkyl halides is 1. The topological polar surface area (TPSA) is 107 Å². The van der Waals surface area contributed by atoms with Crippen molar-refractivity contribution in [2.45, 2.75) is 44.9 Å². The first kappa shape index (κ1) is 22.3. The zero-order valence-electron chi connectivity index (χ0n) is 18.4. The van der Waals surface area contributed by atoms with Gasteiger partial charge < -0.3 is 29.8 Å². The Labute approximate surface area is 183 Å². The highest BCUT2D eigenvalue weighted by molar-refractivity contribution is 5.92. The molecule has 4 rings (SSSR count). The molecule has 2 aliphatic rings. The van der Waals surface area contributed by atoms with Gasteiger partial charge in [-0.1, -0.05) is 13.8 Å². The third-order valence-corrected chi connectivity index (χ3v) is 6.52. The van der Waals surface area contributed by atoms with Crippen LogP contribution in [0.5, 0.6) is 11.5 Å². The Hall–Kier alpha value is -2.88. The zero-order chi connectivity index (χ0) is 23.5. The lowest BCUT2D eigenvalue weighted by Crippen LogP contribution is -2.46. The molecule has 2 heterocycles. The minimum Gasteiger partial charge on any atom is -0.492 e. The van der Waals surface area contributed by atoms with Crippen LogP contribution < -0.4 is 25.5 Å². The number of anilines is 1. The minimum absolute atomic E-state index is 0.0817. The fourth-order valence-corrected chi connectivity index (χ4v) is 4.96. The molecule has 2 unspecified atom stereocenters. The quantitative estimate of drug-likeness (QED) is 0.672. The van der Waals surface area contributed by atoms with Gasteiger partial charge in [-0.15, -0.1) is 0 Å². The van der Waals surface area contributed by atoms with Crippen molar-refractivity contribution >= 4 is 22.7 Å². The van der Waals surface area contributed by atoms with Crippen LogP contribution in [0.2, 0.25) is 0 Å². The Morgan fingerprint density at radius 3 is 2.56 bits per heavy atom. The number of rotatable bonds is 5. The molecule has 1 aromatic carbocycles. The van der Waals surface area contributed by atoms with E-state index in [1.807, 2.05) is 6.92 Å². The molecule has 1 saturated heterocycles. The van der Waals surface area contributed by atoms with Crippen LogP contribution >= 0.6 is 0 Å². The summed E-state index contributed by atoms with van der Waals surface area (Å²) in [4.78, 5) is 25.7. The second-order valence-electron chi connectivity index (χ2n) is 9.29. The molecule has 32 heavy (non-hydrogen) atoms. The number of methoxy groups -OCH3 is 1. The molecular formula is C22H27F2N3O5. The summed E-state index contributed by atoms with van der Waals surface area (Å²) in [5.74, 6) is -0.794. The van der Waals surface area contributed by atoms with Crippen molar-refractivity contribution in [3.8, 4) is 11.5 Å². The number of nitrogens with two attached hydrogens (primary N) is 1. The standard InChI is InChI=1S/C22H27F2N3O5/c1-10(2)12-7-26(9-22(12,3)25)18-14(24)5-11-17(20(18)31-4)27(15-6-13(15)23)8-16(19(11)28)32-21(29)30/h5,8,10,12-13,15H,6-7,9,25H2,1-4H3,(H,29,30)/t12?,13-,15+,22?/m0/s1. The molecule has 1 saturated carbocycles. The molecular weight excluding hydrogens is 424 g/mol. The molecule has 174 valence electrons. The number of fused-ring (bicyclic) bond motifs is 1. The first-order chi connectivity index (χ1) is 15.0. The summed E-state index contributed by atoms with van der Waals surface area (Å²) in [6.45, 7) is 6.90. The van der Waals surface area contributed by atoms with Crippen LogP contribution in [0, 0.1) is 17.7 Å². The number of carboxylic acid groups (broad SMARTS) is 1. The third kappa shape index (κ3) is 3.56. The summed E-state index contributed by atoms with van der Waals surface area (Å²) in [6.07, 6.45) is -1.54. The summed E-state index contributed by atoms with van der Waals surface area (Å²) in [6, 6.07) is 0.399. The van der Waals surface area contributed by atoms with Gasteiger partial charge in [0.15, 0.2) is 17.3 Å². The fraction of sp³-hybridized carbons (Fsp3) is 0.545. The lowest BCUT2D eigenvalue weighted by atomic mass is 9.82. The molecule has 0 radical (unpaired) electrons. The molecule has 0 bridgehead atoms. The predicted octanol–water partition coefficient (Wildman–Crippen LogP) is 3.30. The smallest absolute Gasteiger partial charge is 0.492 e. The number of nitrogens with zero attached hydrogens (tertiary/aromatic N) is 2. The molecule has 4 atom stereocenters. The van der Waals surface area contributed by atoms with Crippen molar-refractivity contribution in [2.75, 3.05) is 25.1 Å². The monoisotopic (exact) mass is 451 g/mol. The highest BCUT2D eigenvalue weighted by Crippen LogP contribution is 2.47. The number of ether oxygens (including phenoxy) is 2. The van der Waals surface area contributed by atoms with E-state index >= 15 is 4.39 Å². The van der Waals surface area contributed by atoms with Gasteiger partial charge in [-0.05, 0) is 24.8 Å². The summed E-state index contributed by atoms with van der Waals surface area (Å²) in [7, 11) is 1.35. The van der Waals surface area contributed by atoms with Crippen LogP contribution in [-0.2, 0) is 0 Å². The van der Waals surface area contributed by atoms with Crippen LogP contribution in [0.25, 0.3) is 10.9 Å². The maximum atomic E-state index is 15.5. The minimum atomic E-state index is -1.69. The summed E-state index contributed by atoms with van der Waals surface area (Å²) in [5.41, 5.74) is 5.48. The summed E-state index contributed by atoms with van der Waals surface area (Å²) >= 11 is 0. The van der Waals surface area contributed by atoms with Crippen LogP contribution in [0.3, 0.4) is 0 Å².